The zero-order valence-electron chi connectivity index (χ0n) is 17.3. The van der Waals surface area contributed by atoms with Gasteiger partial charge in [0.2, 0.25) is 0 Å². The lowest BCUT2D eigenvalue weighted by atomic mass is 10.1. The summed E-state index contributed by atoms with van der Waals surface area (Å²) in [5.74, 6) is -0.124. The Morgan fingerprint density at radius 2 is 1.94 bits per heavy atom. The summed E-state index contributed by atoms with van der Waals surface area (Å²) in [6.45, 7) is 5.66. The molecule has 1 fully saturated rings. The molecule has 162 valence electrons. The van der Waals surface area contributed by atoms with Crippen LogP contribution in [0.4, 0.5) is 5.69 Å². The predicted octanol–water partition coefficient (Wildman–Crippen LogP) is 5.04. The van der Waals surface area contributed by atoms with Gasteiger partial charge in [0.25, 0.3) is 11.8 Å². The second-order valence-corrected chi connectivity index (χ2v) is 8.74. The maximum atomic E-state index is 13.2. The lowest BCUT2D eigenvalue weighted by molar-refractivity contribution is -0.122. The van der Waals surface area contributed by atoms with E-state index in [0.717, 1.165) is 5.56 Å². The van der Waals surface area contributed by atoms with E-state index in [1.807, 2.05) is 20.8 Å². The van der Waals surface area contributed by atoms with Crippen molar-refractivity contribution in [3.05, 3.63) is 56.5 Å². The van der Waals surface area contributed by atoms with Gasteiger partial charge in [-0.05, 0) is 90.4 Å². The molecule has 2 amide bonds. The number of carbonyl (C=O) groups excluding carboxylic acids is 2. The SMILES string of the molecule is COc1cc(/C=C2\C(=O)NC(=S)N(c3ccc(C)c(Cl)c3)C2=O)cc(Br)c1OC(C)C. The van der Waals surface area contributed by atoms with Crippen LogP contribution in [-0.4, -0.2) is 30.1 Å². The zero-order valence-corrected chi connectivity index (χ0v) is 20.4. The molecule has 0 saturated carbocycles. The molecule has 2 aromatic rings. The number of halogens is 2. The fourth-order valence-electron chi connectivity index (χ4n) is 2.95. The fourth-order valence-corrected chi connectivity index (χ4v) is 3.96. The Kier molecular flexibility index (Phi) is 7.03. The summed E-state index contributed by atoms with van der Waals surface area (Å²) in [5, 5.41) is 3.04. The van der Waals surface area contributed by atoms with Crippen molar-refractivity contribution in [2.45, 2.75) is 26.9 Å². The highest BCUT2D eigenvalue weighted by molar-refractivity contribution is 9.10. The van der Waals surface area contributed by atoms with E-state index >= 15 is 0 Å². The quantitative estimate of drug-likeness (QED) is 0.338. The van der Waals surface area contributed by atoms with Crippen LogP contribution in [0.5, 0.6) is 11.5 Å². The summed E-state index contributed by atoms with van der Waals surface area (Å²) in [7, 11) is 1.52. The standard InChI is InChI=1S/C22H20BrClN2O4S/c1-11(2)30-19-16(23)8-13(9-18(19)29-4)7-15-20(27)25-22(31)26(21(15)28)14-6-5-12(3)17(24)10-14/h5-11H,1-4H3,(H,25,27,31)/b15-7+. The zero-order chi connectivity index (χ0) is 22.9. The molecule has 1 aliphatic rings. The molecule has 0 atom stereocenters. The number of anilines is 1. The number of hydrogen-bond donors (Lipinski definition) is 1. The molecule has 0 unspecified atom stereocenters. The second kappa shape index (κ2) is 9.38. The number of benzene rings is 2. The van der Waals surface area contributed by atoms with Crippen molar-refractivity contribution in [2.75, 3.05) is 12.0 Å². The molecule has 0 aromatic heterocycles. The van der Waals surface area contributed by atoms with Crippen LogP contribution in [-0.2, 0) is 9.59 Å². The Bertz CT molecular complexity index is 1120. The first kappa shape index (κ1) is 23.2. The number of amides is 2. The number of thiocarbonyl (C=S) groups is 1. The van der Waals surface area contributed by atoms with Gasteiger partial charge in [0, 0.05) is 5.02 Å². The molecule has 9 heteroatoms. The molecular formula is C22H20BrClN2O4S. The van der Waals surface area contributed by atoms with Gasteiger partial charge in [-0.25, -0.2) is 0 Å². The van der Waals surface area contributed by atoms with Crippen LogP contribution in [0.2, 0.25) is 5.02 Å². The van der Waals surface area contributed by atoms with E-state index in [1.54, 1.807) is 30.3 Å². The summed E-state index contributed by atoms with van der Waals surface area (Å²) in [6.07, 6.45) is 1.42. The summed E-state index contributed by atoms with van der Waals surface area (Å²) >= 11 is 14.9. The van der Waals surface area contributed by atoms with E-state index in [4.69, 9.17) is 33.3 Å². The number of methoxy groups -OCH3 is 1. The Hall–Kier alpha value is -2.42. The molecule has 1 aliphatic heterocycles. The van der Waals surface area contributed by atoms with Crippen molar-refractivity contribution in [2.24, 2.45) is 0 Å². The maximum absolute atomic E-state index is 13.2. The summed E-state index contributed by atoms with van der Waals surface area (Å²) in [5.41, 5.74) is 1.84. The highest BCUT2D eigenvalue weighted by atomic mass is 79.9. The summed E-state index contributed by atoms with van der Waals surface area (Å²) < 4.78 is 11.8. The number of rotatable bonds is 5. The lowest BCUT2D eigenvalue weighted by Crippen LogP contribution is -2.54. The van der Waals surface area contributed by atoms with Crippen molar-refractivity contribution >= 4 is 68.4 Å². The van der Waals surface area contributed by atoms with E-state index in [-0.39, 0.29) is 16.8 Å². The van der Waals surface area contributed by atoms with Crippen molar-refractivity contribution in [3.8, 4) is 11.5 Å². The molecule has 6 nitrogen and oxygen atoms in total. The number of nitrogens with one attached hydrogen (secondary N) is 1. The molecule has 3 rings (SSSR count). The van der Waals surface area contributed by atoms with E-state index in [2.05, 4.69) is 21.2 Å². The van der Waals surface area contributed by atoms with Gasteiger partial charge in [-0.1, -0.05) is 17.7 Å². The van der Waals surface area contributed by atoms with Crippen LogP contribution < -0.4 is 19.7 Å². The van der Waals surface area contributed by atoms with E-state index in [1.165, 1.54) is 18.1 Å². The highest BCUT2D eigenvalue weighted by Gasteiger charge is 2.34. The topological polar surface area (TPSA) is 67.9 Å². The number of nitrogens with zero attached hydrogens (tertiary/aromatic N) is 1. The van der Waals surface area contributed by atoms with Gasteiger partial charge in [0.1, 0.15) is 5.57 Å². The lowest BCUT2D eigenvalue weighted by Gasteiger charge is -2.29. The molecule has 2 aromatic carbocycles. The van der Waals surface area contributed by atoms with E-state index < -0.39 is 11.8 Å². The Morgan fingerprint density at radius 3 is 2.55 bits per heavy atom. The van der Waals surface area contributed by atoms with Gasteiger partial charge < -0.3 is 9.47 Å². The van der Waals surface area contributed by atoms with E-state index in [9.17, 15) is 9.59 Å². The van der Waals surface area contributed by atoms with Gasteiger partial charge in [-0.3, -0.25) is 19.8 Å². The van der Waals surface area contributed by atoms with Gasteiger partial charge in [0.15, 0.2) is 16.6 Å². The monoisotopic (exact) mass is 522 g/mol. The summed E-state index contributed by atoms with van der Waals surface area (Å²) in [6, 6.07) is 8.57. The third-order valence-corrected chi connectivity index (χ3v) is 5.71. The normalized spacial score (nSPS) is 15.5. The van der Waals surface area contributed by atoms with Crippen molar-refractivity contribution in [3.63, 3.8) is 0 Å². The van der Waals surface area contributed by atoms with Gasteiger partial charge in [0.05, 0.1) is 23.4 Å². The van der Waals surface area contributed by atoms with Crippen LogP contribution >= 0.6 is 39.7 Å². The van der Waals surface area contributed by atoms with Gasteiger partial charge in [-0.2, -0.15) is 0 Å². The molecule has 0 spiro atoms. The highest BCUT2D eigenvalue weighted by Crippen LogP contribution is 2.38. The largest absolute Gasteiger partial charge is 0.493 e. The number of ether oxygens (including phenoxy) is 2. The van der Waals surface area contributed by atoms with Gasteiger partial charge >= 0.3 is 0 Å². The number of hydrogen-bond acceptors (Lipinski definition) is 5. The van der Waals surface area contributed by atoms with Crippen LogP contribution in [0.1, 0.15) is 25.0 Å². The second-order valence-electron chi connectivity index (χ2n) is 7.09. The first-order valence-electron chi connectivity index (χ1n) is 9.34. The fraction of sp³-hybridized carbons (Fsp3) is 0.227. The van der Waals surface area contributed by atoms with Crippen LogP contribution in [0.15, 0.2) is 40.4 Å². The molecule has 0 bridgehead atoms. The third kappa shape index (κ3) is 4.92. The molecule has 0 aliphatic carbocycles. The van der Waals surface area contributed by atoms with Crippen LogP contribution in [0.25, 0.3) is 6.08 Å². The minimum absolute atomic E-state index is 0.00786. The average Bonchev–Trinajstić information content (AvgIpc) is 2.69. The Morgan fingerprint density at radius 1 is 1.23 bits per heavy atom. The third-order valence-electron chi connectivity index (χ3n) is 4.43. The molecule has 0 radical (unpaired) electrons. The average molecular weight is 524 g/mol. The molecule has 1 saturated heterocycles. The minimum atomic E-state index is -0.581. The number of aryl methyl sites for hydroxylation is 1. The first-order valence-corrected chi connectivity index (χ1v) is 10.9. The molecule has 31 heavy (non-hydrogen) atoms. The van der Waals surface area contributed by atoms with E-state index in [0.29, 0.717) is 32.2 Å². The maximum Gasteiger partial charge on any atom is 0.270 e. The van der Waals surface area contributed by atoms with Crippen LogP contribution in [0.3, 0.4) is 0 Å². The van der Waals surface area contributed by atoms with Crippen LogP contribution in [0, 0.1) is 6.92 Å². The molecule has 1 heterocycles. The predicted molar refractivity (Wildman–Crippen MR) is 129 cm³/mol. The molecular weight excluding hydrogens is 504 g/mol. The summed E-state index contributed by atoms with van der Waals surface area (Å²) in [4.78, 5) is 27.0. The Balaban J connectivity index is 2.03. The van der Waals surface area contributed by atoms with Gasteiger partial charge in [-0.15, -0.1) is 0 Å². The first-order chi connectivity index (χ1) is 14.6. The Labute approximate surface area is 199 Å². The van der Waals surface area contributed by atoms with Crippen molar-refractivity contribution < 1.29 is 19.1 Å². The molecule has 1 N–H and O–H groups in total. The van der Waals surface area contributed by atoms with Crippen molar-refractivity contribution in [1.29, 1.82) is 0 Å². The van der Waals surface area contributed by atoms with Crippen molar-refractivity contribution in [1.82, 2.24) is 5.32 Å². The smallest absolute Gasteiger partial charge is 0.270 e. The minimum Gasteiger partial charge on any atom is -0.493 e. The number of carbonyl (C=O) groups is 2.